The lowest BCUT2D eigenvalue weighted by Crippen LogP contribution is -2.42. The molecule has 0 bridgehead atoms. The Bertz CT molecular complexity index is 413. The first-order valence-corrected chi connectivity index (χ1v) is 5.27. The highest BCUT2D eigenvalue weighted by molar-refractivity contribution is 5.85. The molecule has 1 rings (SSSR count). The van der Waals surface area contributed by atoms with Crippen LogP contribution >= 0.6 is 12.4 Å². The Morgan fingerprint density at radius 2 is 2.00 bits per heavy atom. The number of esters is 1. The quantitative estimate of drug-likeness (QED) is 0.862. The van der Waals surface area contributed by atoms with Crippen LogP contribution in [-0.2, 0) is 9.53 Å². The van der Waals surface area contributed by atoms with E-state index >= 15 is 0 Å². The molecule has 1 aromatic rings. The van der Waals surface area contributed by atoms with Gasteiger partial charge in [0.2, 0.25) is 0 Å². The van der Waals surface area contributed by atoms with Gasteiger partial charge in [-0.05, 0) is 25.0 Å². The fourth-order valence-corrected chi connectivity index (χ4v) is 1.49. The van der Waals surface area contributed by atoms with Crippen molar-refractivity contribution in [1.82, 2.24) is 0 Å². The summed E-state index contributed by atoms with van der Waals surface area (Å²) in [6.45, 7) is 3.03. The van der Waals surface area contributed by atoms with Gasteiger partial charge in [0.25, 0.3) is 0 Å². The first kappa shape index (κ1) is 16.8. The average molecular weight is 280 g/mol. The van der Waals surface area contributed by atoms with Crippen LogP contribution in [0.2, 0.25) is 0 Å². The summed E-state index contributed by atoms with van der Waals surface area (Å²) in [6.07, 6.45) is 0. The highest BCUT2D eigenvalue weighted by atomic mass is 35.5. The van der Waals surface area contributed by atoms with E-state index in [1.54, 1.807) is 25.1 Å². The van der Waals surface area contributed by atoms with Crippen LogP contribution in [0, 0.1) is 6.92 Å². The van der Waals surface area contributed by atoms with Gasteiger partial charge in [-0.1, -0.05) is 24.3 Å². The minimum atomic E-state index is -3.72. The third-order valence-electron chi connectivity index (χ3n) is 2.46. The lowest BCUT2D eigenvalue weighted by Gasteiger charge is -2.23. The molecule has 1 atom stereocenters. The van der Waals surface area contributed by atoms with Gasteiger partial charge in [-0.15, -0.1) is 12.4 Å². The fraction of sp³-hybridized carbons (Fsp3) is 0.417. The monoisotopic (exact) mass is 279 g/mol. The maximum atomic E-state index is 13.7. The zero-order valence-corrected chi connectivity index (χ0v) is 11.0. The summed E-state index contributed by atoms with van der Waals surface area (Å²) in [5.41, 5.74) is 6.31. The molecule has 102 valence electrons. The Hall–Kier alpha value is -1.20. The van der Waals surface area contributed by atoms with Crippen molar-refractivity contribution in [2.75, 3.05) is 6.61 Å². The molecule has 0 amide bonds. The van der Waals surface area contributed by atoms with Crippen molar-refractivity contribution in [2.24, 2.45) is 5.73 Å². The molecule has 0 aliphatic rings. The SMILES string of the molecule is CCOC(=O)C(F)(F)[C@@H](N)c1ccccc1C.Cl. The third kappa shape index (κ3) is 3.40. The number of halogens is 3. The molecule has 0 saturated carbocycles. The predicted octanol–water partition coefficient (Wildman–Crippen LogP) is 2.62. The highest BCUT2D eigenvalue weighted by Crippen LogP contribution is 2.32. The molecule has 0 aromatic heterocycles. The zero-order valence-electron chi connectivity index (χ0n) is 10.2. The van der Waals surface area contributed by atoms with Gasteiger partial charge in [0, 0.05) is 0 Å². The van der Waals surface area contributed by atoms with Crippen LogP contribution in [-0.4, -0.2) is 18.5 Å². The van der Waals surface area contributed by atoms with Gasteiger partial charge in [-0.2, -0.15) is 8.78 Å². The van der Waals surface area contributed by atoms with Crippen LogP contribution in [0.25, 0.3) is 0 Å². The minimum absolute atomic E-state index is 0. The first-order chi connectivity index (χ1) is 7.91. The van der Waals surface area contributed by atoms with E-state index < -0.39 is 17.9 Å². The van der Waals surface area contributed by atoms with Crippen molar-refractivity contribution < 1.29 is 18.3 Å². The Morgan fingerprint density at radius 3 is 2.50 bits per heavy atom. The van der Waals surface area contributed by atoms with Gasteiger partial charge < -0.3 is 10.5 Å². The number of carbonyl (C=O) groups excluding carboxylic acids is 1. The molecule has 0 aliphatic heterocycles. The van der Waals surface area contributed by atoms with Crippen molar-refractivity contribution in [3.8, 4) is 0 Å². The molecule has 18 heavy (non-hydrogen) atoms. The van der Waals surface area contributed by atoms with Gasteiger partial charge >= 0.3 is 11.9 Å². The number of hydrogen-bond acceptors (Lipinski definition) is 3. The summed E-state index contributed by atoms with van der Waals surface area (Å²) in [5.74, 6) is -5.31. The second-order valence-electron chi connectivity index (χ2n) is 3.68. The van der Waals surface area contributed by atoms with E-state index in [1.165, 1.54) is 13.0 Å². The topological polar surface area (TPSA) is 52.3 Å². The van der Waals surface area contributed by atoms with Crippen LogP contribution in [0.4, 0.5) is 8.78 Å². The number of ether oxygens (including phenoxy) is 1. The summed E-state index contributed by atoms with van der Waals surface area (Å²) in [6, 6.07) is 4.77. The van der Waals surface area contributed by atoms with Crippen molar-refractivity contribution in [2.45, 2.75) is 25.8 Å². The third-order valence-corrected chi connectivity index (χ3v) is 2.46. The van der Waals surface area contributed by atoms with E-state index in [1.807, 2.05) is 0 Å². The van der Waals surface area contributed by atoms with E-state index in [9.17, 15) is 13.6 Å². The van der Waals surface area contributed by atoms with Gasteiger partial charge in [-0.3, -0.25) is 0 Å². The summed E-state index contributed by atoms with van der Waals surface area (Å²) >= 11 is 0. The number of aryl methyl sites for hydroxylation is 1. The molecule has 2 N–H and O–H groups in total. The lowest BCUT2D eigenvalue weighted by atomic mass is 9.97. The summed E-state index contributed by atoms with van der Waals surface area (Å²) in [7, 11) is 0. The molecule has 3 nitrogen and oxygen atoms in total. The molecule has 0 saturated heterocycles. The Balaban J connectivity index is 0.00000289. The van der Waals surface area contributed by atoms with Crippen LogP contribution < -0.4 is 5.73 Å². The maximum Gasteiger partial charge on any atom is 0.379 e. The Kier molecular flexibility index (Phi) is 6.21. The van der Waals surface area contributed by atoms with Gasteiger partial charge in [0.05, 0.1) is 6.61 Å². The van der Waals surface area contributed by atoms with E-state index in [0.717, 1.165) is 0 Å². The molecular formula is C12H16ClF2NO2. The normalized spacial score (nSPS) is 12.5. The highest BCUT2D eigenvalue weighted by Gasteiger charge is 2.48. The van der Waals surface area contributed by atoms with Gasteiger partial charge in [0.15, 0.2) is 0 Å². The first-order valence-electron chi connectivity index (χ1n) is 5.27. The summed E-state index contributed by atoms with van der Waals surface area (Å²) < 4.78 is 31.6. The molecule has 0 unspecified atom stereocenters. The Morgan fingerprint density at radius 1 is 1.44 bits per heavy atom. The number of hydrogen-bond donors (Lipinski definition) is 1. The molecule has 0 spiro atoms. The zero-order chi connectivity index (χ0) is 13.1. The second kappa shape index (κ2) is 6.66. The molecule has 0 heterocycles. The lowest BCUT2D eigenvalue weighted by molar-refractivity contribution is -0.174. The van der Waals surface area contributed by atoms with Crippen molar-refractivity contribution in [1.29, 1.82) is 0 Å². The smallest absolute Gasteiger partial charge is 0.379 e. The van der Waals surface area contributed by atoms with E-state index in [4.69, 9.17) is 5.73 Å². The fourth-order valence-electron chi connectivity index (χ4n) is 1.49. The number of carbonyl (C=O) groups is 1. The van der Waals surface area contributed by atoms with Crippen LogP contribution in [0.3, 0.4) is 0 Å². The molecular weight excluding hydrogens is 264 g/mol. The number of nitrogens with two attached hydrogens (primary N) is 1. The van der Waals surface area contributed by atoms with E-state index in [2.05, 4.69) is 4.74 Å². The van der Waals surface area contributed by atoms with Crippen LogP contribution in [0.15, 0.2) is 24.3 Å². The van der Waals surface area contributed by atoms with Crippen LogP contribution in [0.1, 0.15) is 24.1 Å². The average Bonchev–Trinajstić information content (AvgIpc) is 2.29. The molecule has 6 heteroatoms. The van der Waals surface area contributed by atoms with E-state index in [-0.39, 0.29) is 24.6 Å². The molecule has 0 aliphatic carbocycles. The largest absolute Gasteiger partial charge is 0.462 e. The number of rotatable bonds is 4. The number of benzene rings is 1. The molecule has 1 aromatic carbocycles. The van der Waals surface area contributed by atoms with Crippen molar-refractivity contribution >= 4 is 18.4 Å². The predicted molar refractivity (Wildman–Crippen MR) is 66.9 cm³/mol. The van der Waals surface area contributed by atoms with Crippen molar-refractivity contribution in [3.05, 3.63) is 35.4 Å². The minimum Gasteiger partial charge on any atom is -0.462 e. The van der Waals surface area contributed by atoms with Gasteiger partial charge in [-0.25, -0.2) is 4.79 Å². The Labute approximate surface area is 111 Å². The summed E-state index contributed by atoms with van der Waals surface area (Å²) in [4.78, 5) is 11.1. The van der Waals surface area contributed by atoms with Crippen molar-refractivity contribution in [3.63, 3.8) is 0 Å². The number of alkyl halides is 2. The van der Waals surface area contributed by atoms with E-state index in [0.29, 0.717) is 5.56 Å². The standard InChI is InChI=1S/C12H15F2NO2.ClH/c1-3-17-11(16)12(13,14)10(15)9-7-5-4-6-8(9)2;/h4-7,10H,3,15H2,1-2H3;1H/t10-;/m0./s1. The van der Waals surface area contributed by atoms with Crippen LogP contribution in [0.5, 0.6) is 0 Å². The summed E-state index contributed by atoms with van der Waals surface area (Å²) in [5, 5.41) is 0. The second-order valence-corrected chi connectivity index (χ2v) is 3.68. The molecule has 0 fully saturated rings. The molecule has 0 radical (unpaired) electrons. The maximum absolute atomic E-state index is 13.7. The van der Waals surface area contributed by atoms with Gasteiger partial charge in [0.1, 0.15) is 6.04 Å².